The molecule has 1 aliphatic rings. The maximum absolute atomic E-state index is 11.9. The number of amides is 1. The van der Waals surface area contributed by atoms with Crippen LogP contribution >= 0.6 is 11.6 Å². The number of aliphatic hydroxyl groups excluding tert-OH is 1. The Bertz CT molecular complexity index is 584. The summed E-state index contributed by atoms with van der Waals surface area (Å²) in [5.74, 6) is -1.30. The summed E-state index contributed by atoms with van der Waals surface area (Å²) in [6.45, 7) is -0.657. The molecule has 6 nitrogen and oxygen atoms in total. The zero-order chi connectivity index (χ0) is 14.7. The summed E-state index contributed by atoms with van der Waals surface area (Å²) in [4.78, 5) is 22.6. The van der Waals surface area contributed by atoms with E-state index in [2.05, 4.69) is 5.32 Å². The Hall–Kier alpha value is -2.05. The molecule has 0 aromatic heterocycles. The Labute approximate surface area is 119 Å². The van der Waals surface area contributed by atoms with Crippen molar-refractivity contribution in [1.82, 2.24) is 5.32 Å². The lowest BCUT2D eigenvalue weighted by Crippen LogP contribution is -2.44. The van der Waals surface area contributed by atoms with E-state index >= 15 is 0 Å². The number of ether oxygens (including phenoxy) is 1. The number of carbonyl (C=O) groups is 2. The predicted octanol–water partition coefficient (Wildman–Crippen LogP) is 0.677. The van der Waals surface area contributed by atoms with Crippen molar-refractivity contribution in [1.29, 1.82) is 0 Å². The second-order valence-corrected chi connectivity index (χ2v) is 4.62. The van der Waals surface area contributed by atoms with Crippen LogP contribution in [-0.2, 0) is 9.59 Å². The molecule has 1 aliphatic heterocycles. The maximum Gasteiger partial charge on any atom is 0.328 e. The molecule has 20 heavy (non-hydrogen) atoms. The van der Waals surface area contributed by atoms with Gasteiger partial charge in [0.15, 0.2) is 6.04 Å². The molecule has 3 N–H and O–H groups in total. The van der Waals surface area contributed by atoms with Gasteiger partial charge in [0, 0.05) is 10.6 Å². The van der Waals surface area contributed by atoms with Crippen molar-refractivity contribution >= 4 is 29.6 Å². The SMILES string of the molecule is O=C(N[C@H](CO)C(=O)O)C1=Cc2cc(Cl)ccc2OC1. The van der Waals surface area contributed by atoms with Gasteiger partial charge in [-0.3, -0.25) is 4.79 Å². The van der Waals surface area contributed by atoms with Gasteiger partial charge in [-0.1, -0.05) is 11.6 Å². The van der Waals surface area contributed by atoms with E-state index in [1.807, 2.05) is 0 Å². The monoisotopic (exact) mass is 297 g/mol. The van der Waals surface area contributed by atoms with Crippen LogP contribution in [0.1, 0.15) is 5.56 Å². The summed E-state index contributed by atoms with van der Waals surface area (Å²) in [5.41, 5.74) is 0.907. The van der Waals surface area contributed by atoms with Gasteiger partial charge in [-0.15, -0.1) is 0 Å². The average Bonchev–Trinajstić information content (AvgIpc) is 2.43. The molecule has 106 valence electrons. The first-order valence-corrected chi connectivity index (χ1v) is 6.16. The highest BCUT2D eigenvalue weighted by Crippen LogP contribution is 2.28. The van der Waals surface area contributed by atoms with Crippen LogP contribution in [0.15, 0.2) is 23.8 Å². The molecule has 1 amide bonds. The number of fused-ring (bicyclic) bond motifs is 1. The molecule has 1 heterocycles. The van der Waals surface area contributed by atoms with Gasteiger partial charge in [-0.25, -0.2) is 4.79 Å². The number of halogens is 1. The summed E-state index contributed by atoms with van der Waals surface area (Å²) in [5, 5.41) is 20.4. The Morgan fingerprint density at radius 1 is 1.45 bits per heavy atom. The number of aliphatic carboxylic acids is 1. The molecule has 0 bridgehead atoms. The highest BCUT2D eigenvalue weighted by molar-refractivity contribution is 6.30. The zero-order valence-electron chi connectivity index (χ0n) is 10.3. The Morgan fingerprint density at radius 2 is 2.20 bits per heavy atom. The molecule has 7 heteroatoms. The van der Waals surface area contributed by atoms with Gasteiger partial charge in [-0.2, -0.15) is 0 Å². The first-order valence-electron chi connectivity index (χ1n) is 5.78. The molecule has 0 saturated heterocycles. The van der Waals surface area contributed by atoms with Crippen molar-refractivity contribution in [3.05, 3.63) is 34.4 Å². The summed E-state index contributed by atoms with van der Waals surface area (Å²) in [6, 6.07) is 3.66. The Morgan fingerprint density at radius 3 is 2.85 bits per heavy atom. The highest BCUT2D eigenvalue weighted by atomic mass is 35.5. The first-order chi connectivity index (χ1) is 9.51. The smallest absolute Gasteiger partial charge is 0.328 e. The number of carboxylic acids is 1. The van der Waals surface area contributed by atoms with Crippen LogP contribution in [0.2, 0.25) is 5.02 Å². The van der Waals surface area contributed by atoms with Crippen molar-refractivity contribution in [3.8, 4) is 5.75 Å². The van der Waals surface area contributed by atoms with Crippen LogP contribution in [0.25, 0.3) is 6.08 Å². The number of nitrogens with one attached hydrogen (secondary N) is 1. The third kappa shape index (κ3) is 3.09. The van der Waals surface area contributed by atoms with Gasteiger partial charge in [-0.05, 0) is 24.3 Å². The van der Waals surface area contributed by atoms with Crippen LogP contribution in [0, 0.1) is 0 Å². The molecular formula is C13H12ClNO5. The van der Waals surface area contributed by atoms with Crippen molar-refractivity contribution in [2.45, 2.75) is 6.04 Å². The van der Waals surface area contributed by atoms with Crippen LogP contribution in [0.5, 0.6) is 5.75 Å². The van der Waals surface area contributed by atoms with E-state index in [1.165, 1.54) is 0 Å². The van der Waals surface area contributed by atoms with Crippen molar-refractivity contribution in [2.75, 3.05) is 13.2 Å². The largest absolute Gasteiger partial charge is 0.488 e. The number of rotatable bonds is 4. The number of aliphatic hydroxyl groups is 1. The van der Waals surface area contributed by atoms with E-state index in [1.54, 1.807) is 24.3 Å². The standard InChI is InChI=1S/C13H12ClNO5/c14-9-1-2-11-7(4-9)3-8(6-20-11)12(17)15-10(5-16)13(18)19/h1-4,10,16H,5-6H2,(H,15,17)(H,18,19)/t10-/m1/s1. The maximum atomic E-state index is 11.9. The van der Waals surface area contributed by atoms with Gasteiger partial charge in [0.2, 0.25) is 0 Å². The quantitative estimate of drug-likeness (QED) is 0.759. The second kappa shape index (κ2) is 5.94. The van der Waals surface area contributed by atoms with Gasteiger partial charge >= 0.3 is 5.97 Å². The third-order valence-electron chi connectivity index (χ3n) is 2.76. The van der Waals surface area contributed by atoms with E-state index in [0.29, 0.717) is 16.3 Å². The average molecular weight is 298 g/mol. The van der Waals surface area contributed by atoms with E-state index in [9.17, 15) is 9.59 Å². The second-order valence-electron chi connectivity index (χ2n) is 4.19. The molecule has 0 spiro atoms. The van der Waals surface area contributed by atoms with Crippen molar-refractivity contribution in [3.63, 3.8) is 0 Å². The topological polar surface area (TPSA) is 95.9 Å². The molecule has 1 aromatic rings. The van der Waals surface area contributed by atoms with Gasteiger partial charge in [0.25, 0.3) is 5.91 Å². The molecule has 0 unspecified atom stereocenters. The van der Waals surface area contributed by atoms with E-state index in [4.69, 9.17) is 26.6 Å². The third-order valence-corrected chi connectivity index (χ3v) is 3.00. The van der Waals surface area contributed by atoms with Crippen LogP contribution < -0.4 is 10.1 Å². The molecule has 1 atom stereocenters. The number of hydrogen-bond acceptors (Lipinski definition) is 4. The lowest BCUT2D eigenvalue weighted by molar-refractivity contribution is -0.142. The lowest BCUT2D eigenvalue weighted by atomic mass is 10.1. The minimum Gasteiger partial charge on any atom is -0.488 e. The minimum atomic E-state index is -1.34. The summed E-state index contributed by atoms with van der Waals surface area (Å²) in [7, 11) is 0. The predicted molar refractivity (Wildman–Crippen MR) is 71.6 cm³/mol. The Kier molecular flexibility index (Phi) is 4.26. The van der Waals surface area contributed by atoms with Crippen LogP contribution in [-0.4, -0.2) is 41.3 Å². The van der Waals surface area contributed by atoms with Crippen LogP contribution in [0.4, 0.5) is 0 Å². The summed E-state index contributed by atoms with van der Waals surface area (Å²) in [6.07, 6.45) is 1.58. The van der Waals surface area contributed by atoms with Crippen molar-refractivity contribution < 1.29 is 24.5 Å². The number of hydrogen-bond donors (Lipinski definition) is 3. The molecular weight excluding hydrogens is 286 g/mol. The Balaban J connectivity index is 2.18. The number of carbonyl (C=O) groups excluding carboxylic acids is 1. The summed E-state index contributed by atoms with van der Waals surface area (Å²) >= 11 is 5.86. The van der Waals surface area contributed by atoms with E-state index in [0.717, 1.165) is 0 Å². The van der Waals surface area contributed by atoms with Gasteiger partial charge in [0.05, 0.1) is 12.2 Å². The highest BCUT2D eigenvalue weighted by Gasteiger charge is 2.23. The van der Waals surface area contributed by atoms with Gasteiger partial charge in [0.1, 0.15) is 12.4 Å². The van der Waals surface area contributed by atoms with Crippen LogP contribution in [0.3, 0.4) is 0 Å². The fourth-order valence-electron chi connectivity index (χ4n) is 1.72. The molecule has 0 radical (unpaired) electrons. The molecule has 1 aromatic carbocycles. The van der Waals surface area contributed by atoms with E-state index in [-0.39, 0.29) is 12.2 Å². The fourth-order valence-corrected chi connectivity index (χ4v) is 1.90. The normalized spacial score (nSPS) is 14.6. The zero-order valence-corrected chi connectivity index (χ0v) is 11.1. The van der Waals surface area contributed by atoms with E-state index < -0.39 is 24.5 Å². The molecule has 0 aliphatic carbocycles. The number of benzene rings is 1. The fraction of sp³-hybridized carbons (Fsp3) is 0.231. The van der Waals surface area contributed by atoms with Crippen molar-refractivity contribution in [2.24, 2.45) is 0 Å². The molecule has 0 fully saturated rings. The first kappa shape index (κ1) is 14.4. The minimum absolute atomic E-state index is 0.0260. The van der Waals surface area contributed by atoms with Gasteiger partial charge < -0.3 is 20.3 Å². The number of carboxylic acid groups (broad SMARTS) is 1. The lowest BCUT2D eigenvalue weighted by Gasteiger charge is -2.19. The molecule has 0 saturated carbocycles. The molecule has 2 rings (SSSR count). The summed E-state index contributed by atoms with van der Waals surface area (Å²) < 4.78 is 5.39.